The second kappa shape index (κ2) is 7.96. The lowest BCUT2D eigenvalue weighted by molar-refractivity contribution is -0.816. The SMILES string of the molecule is CCCN(CCC)CCN=C1Nc2cc3c(cc2[NH+]([O-])N1)CCC3. The molecule has 0 amide bonds. The van der Waals surface area contributed by atoms with Crippen LogP contribution in [0.25, 0.3) is 0 Å². The normalized spacial score (nSPS) is 20.7. The molecular formula is C18H29N5O. The molecule has 24 heavy (non-hydrogen) atoms. The molecule has 0 aromatic heterocycles. The maximum atomic E-state index is 12.4. The smallest absolute Gasteiger partial charge is 0.243 e. The van der Waals surface area contributed by atoms with Crippen LogP contribution in [0.5, 0.6) is 0 Å². The average molecular weight is 331 g/mol. The molecule has 1 heterocycles. The van der Waals surface area contributed by atoms with E-state index in [1.54, 1.807) is 0 Å². The number of hydrogen-bond acceptors (Lipinski definition) is 3. The fraction of sp³-hybridized carbons (Fsp3) is 0.611. The number of aliphatic imine (C=N–C) groups is 1. The molecule has 6 heteroatoms. The number of fused-ring (bicyclic) bond motifs is 2. The van der Waals surface area contributed by atoms with Crippen molar-refractivity contribution in [3.63, 3.8) is 0 Å². The third-order valence-electron chi connectivity index (χ3n) is 4.73. The van der Waals surface area contributed by atoms with E-state index in [2.05, 4.69) is 40.5 Å². The van der Waals surface area contributed by atoms with Crippen molar-refractivity contribution in [2.75, 3.05) is 31.5 Å². The summed E-state index contributed by atoms with van der Waals surface area (Å²) in [5, 5.41) is 15.6. The van der Waals surface area contributed by atoms with Crippen LogP contribution >= 0.6 is 0 Å². The van der Waals surface area contributed by atoms with E-state index in [0.717, 1.165) is 56.7 Å². The lowest BCUT2D eigenvalue weighted by Gasteiger charge is -2.31. The van der Waals surface area contributed by atoms with Gasteiger partial charge in [0.05, 0.1) is 6.54 Å². The van der Waals surface area contributed by atoms with Crippen molar-refractivity contribution in [1.82, 2.24) is 10.3 Å². The molecule has 1 aliphatic carbocycles. The van der Waals surface area contributed by atoms with Crippen LogP contribution in [0.3, 0.4) is 0 Å². The van der Waals surface area contributed by atoms with E-state index in [0.29, 0.717) is 12.5 Å². The number of quaternary nitrogens is 1. The van der Waals surface area contributed by atoms with E-state index in [1.807, 2.05) is 6.07 Å². The summed E-state index contributed by atoms with van der Waals surface area (Å²) in [4.78, 5) is 6.99. The highest BCUT2D eigenvalue weighted by atomic mass is 16.5. The van der Waals surface area contributed by atoms with Crippen LogP contribution in [0.1, 0.15) is 44.2 Å². The van der Waals surface area contributed by atoms with E-state index in [-0.39, 0.29) is 5.17 Å². The maximum absolute atomic E-state index is 12.4. The molecule has 1 atom stereocenters. The minimum absolute atomic E-state index is 0.0452. The molecule has 3 rings (SSSR count). The van der Waals surface area contributed by atoms with E-state index in [4.69, 9.17) is 0 Å². The molecule has 2 aliphatic rings. The molecule has 1 unspecified atom stereocenters. The van der Waals surface area contributed by atoms with E-state index >= 15 is 0 Å². The number of hydrogen-bond donors (Lipinski definition) is 3. The first-order valence-electron chi connectivity index (χ1n) is 9.22. The van der Waals surface area contributed by atoms with Crippen molar-refractivity contribution >= 4 is 17.3 Å². The Morgan fingerprint density at radius 2 is 1.83 bits per heavy atom. The van der Waals surface area contributed by atoms with Gasteiger partial charge in [0, 0.05) is 12.6 Å². The zero-order valence-electron chi connectivity index (χ0n) is 14.8. The zero-order chi connectivity index (χ0) is 16.9. The first kappa shape index (κ1) is 17.2. The van der Waals surface area contributed by atoms with Crippen LogP contribution in [0.4, 0.5) is 11.4 Å². The second-order valence-corrected chi connectivity index (χ2v) is 6.67. The third-order valence-corrected chi connectivity index (χ3v) is 4.73. The third kappa shape index (κ3) is 3.88. The molecule has 0 bridgehead atoms. The summed E-state index contributed by atoms with van der Waals surface area (Å²) in [5.74, 6) is 0.582. The predicted octanol–water partition coefficient (Wildman–Crippen LogP) is 1.60. The number of benzene rings is 1. The Morgan fingerprint density at radius 1 is 1.12 bits per heavy atom. The minimum atomic E-state index is -0.0452. The summed E-state index contributed by atoms with van der Waals surface area (Å²) in [6.07, 6.45) is 5.70. The molecule has 132 valence electrons. The van der Waals surface area contributed by atoms with E-state index in [9.17, 15) is 5.21 Å². The van der Waals surface area contributed by atoms with Gasteiger partial charge in [0.2, 0.25) is 5.96 Å². The van der Waals surface area contributed by atoms with Gasteiger partial charge in [-0.15, -0.1) is 0 Å². The largest absolute Gasteiger partial charge is 0.603 e. The lowest BCUT2D eigenvalue weighted by atomic mass is 10.1. The van der Waals surface area contributed by atoms with Crippen LogP contribution in [-0.4, -0.2) is 37.0 Å². The highest BCUT2D eigenvalue weighted by Crippen LogP contribution is 2.30. The molecule has 1 aromatic carbocycles. The van der Waals surface area contributed by atoms with Crippen LogP contribution in [0.2, 0.25) is 0 Å². The standard InChI is InChI=1S/C18H29N5O/c1-3-9-22(10-4-2)11-8-19-18-20-16-12-14-6-5-7-15(14)13-17(16)23(24)21-18/h12-13,23H,3-11H2,1-2H3,(H2,19,20,21). The van der Waals surface area contributed by atoms with Gasteiger partial charge in [-0.1, -0.05) is 13.8 Å². The van der Waals surface area contributed by atoms with E-state index < -0.39 is 0 Å². The fourth-order valence-corrected chi connectivity index (χ4v) is 3.60. The topological polar surface area (TPSA) is 67.2 Å². The molecule has 0 saturated heterocycles. The fourth-order valence-electron chi connectivity index (χ4n) is 3.60. The Bertz CT molecular complexity index is 595. The van der Waals surface area contributed by atoms with Gasteiger partial charge in [-0.05, 0) is 62.4 Å². The molecule has 0 saturated carbocycles. The number of nitrogens with one attached hydrogen (secondary N) is 3. The average Bonchev–Trinajstić information content (AvgIpc) is 3.01. The molecule has 1 aliphatic heterocycles. The molecule has 6 nitrogen and oxygen atoms in total. The van der Waals surface area contributed by atoms with Gasteiger partial charge in [0.25, 0.3) is 0 Å². The van der Waals surface area contributed by atoms with Gasteiger partial charge in [0.1, 0.15) is 5.69 Å². The second-order valence-electron chi connectivity index (χ2n) is 6.67. The summed E-state index contributed by atoms with van der Waals surface area (Å²) in [7, 11) is 0. The highest BCUT2D eigenvalue weighted by molar-refractivity contribution is 5.96. The number of guanidine groups is 1. The first-order valence-corrected chi connectivity index (χ1v) is 9.22. The van der Waals surface area contributed by atoms with Gasteiger partial charge in [-0.2, -0.15) is 5.43 Å². The van der Waals surface area contributed by atoms with Gasteiger partial charge < -0.3 is 15.4 Å². The summed E-state index contributed by atoms with van der Waals surface area (Å²) in [6, 6.07) is 4.17. The van der Waals surface area contributed by atoms with Crippen molar-refractivity contribution < 1.29 is 5.17 Å². The number of rotatable bonds is 7. The maximum Gasteiger partial charge on any atom is 0.243 e. The van der Waals surface area contributed by atoms with Gasteiger partial charge in [0.15, 0.2) is 5.69 Å². The molecule has 0 fully saturated rings. The molecular weight excluding hydrogens is 302 g/mol. The Balaban J connectivity index is 1.64. The van der Waals surface area contributed by atoms with Crippen molar-refractivity contribution in [2.24, 2.45) is 4.99 Å². The van der Waals surface area contributed by atoms with Crippen molar-refractivity contribution in [2.45, 2.75) is 46.0 Å². The van der Waals surface area contributed by atoms with Gasteiger partial charge >= 0.3 is 0 Å². The Labute approximate surface area is 144 Å². The zero-order valence-corrected chi connectivity index (χ0v) is 14.8. The molecule has 3 N–H and O–H groups in total. The van der Waals surface area contributed by atoms with Gasteiger partial charge in [-0.3, -0.25) is 0 Å². The predicted molar refractivity (Wildman–Crippen MR) is 98.5 cm³/mol. The minimum Gasteiger partial charge on any atom is -0.603 e. The Morgan fingerprint density at radius 3 is 2.54 bits per heavy atom. The molecule has 1 aromatic rings. The molecule has 0 spiro atoms. The first-order chi connectivity index (χ1) is 11.7. The summed E-state index contributed by atoms with van der Waals surface area (Å²) in [6.45, 7) is 8.24. The summed E-state index contributed by atoms with van der Waals surface area (Å²) < 4.78 is 0. The number of anilines is 1. The monoisotopic (exact) mass is 331 g/mol. The van der Waals surface area contributed by atoms with Gasteiger partial charge in [-0.25, -0.2) is 10.2 Å². The van der Waals surface area contributed by atoms with Crippen molar-refractivity contribution in [3.8, 4) is 0 Å². The molecule has 0 radical (unpaired) electrons. The number of aryl methyl sites for hydroxylation is 2. The Hall–Kier alpha value is -1.63. The van der Waals surface area contributed by atoms with Crippen LogP contribution in [0, 0.1) is 5.21 Å². The van der Waals surface area contributed by atoms with Crippen molar-refractivity contribution in [3.05, 3.63) is 28.5 Å². The van der Waals surface area contributed by atoms with Crippen LogP contribution in [-0.2, 0) is 12.8 Å². The van der Waals surface area contributed by atoms with Crippen LogP contribution < -0.4 is 15.9 Å². The quantitative estimate of drug-likeness (QED) is 0.664. The summed E-state index contributed by atoms with van der Waals surface area (Å²) >= 11 is 0. The van der Waals surface area contributed by atoms with E-state index in [1.165, 1.54) is 17.5 Å². The highest BCUT2D eigenvalue weighted by Gasteiger charge is 2.24. The van der Waals surface area contributed by atoms with Crippen molar-refractivity contribution in [1.29, 1.82) is 0 Å². The summed E-state index contributed by atoms with van der Waals surface area (Å²) in [5.41, 5.74) is 7.21. The Kier molecular flexibility index (Phi) is 5.71. The van der Waals surface area contributed by atoms with Crippen LogP contribution in [0.15, 0.2) is 17.1 Å². The lowest BCUT2D eigenvalue weighted by Crippen LogP contribution is -3.11. The number of nitrogens with zero attached hydrogens (tertiary/aromatic N) is 2.